The zero-order chi connectivity index (χ0) is 16.4. The number of fused-ring (bicyclic) bond motifs is 4. The van der Waals surface area contributed by atoms with E-state index in [1.807, 2.05) is 0 Å². The van der Waals surface area contributed by atoms with Gasteiger partial charge in [-0.15, -0.1) is 0 Å². The van der Waals surface area contributed by atoms with Crippen LogP contribution in [-0.2, 0) is 13.1 Å². The van der Waals surface area contributed by atoms with E-state index in [4.69, 9.17) is 0 Å². The highest BCUT2D eigenvalue weighted by molar-refractivity contribution is 5.15. The highest BCUT2D eigenvalue weighted by atomic mass is 15.3. The number of nitrogens with zero attached hydrogens (tertiary/aromatic N) is 4. The number of benzene rings is 1. The van der Waals surface area contributed by atoms with E-state index in [1.165, 1.54) is 38.0 Å². The quantitative estimate of drug-likeness (QED) is 0.845. The van der Waals surface area contributed by atoms with Crippen molar-refractivity contribution in [3.8, 4) is 0 Å². The van der Waals surface area contributed by atoms with Crippen molar-refractivity contribution in [3.63, 3.8) is 0 Å². The maximum absolute atomic E-state index is 4.52. The maximum Gasteiger partial charge on any atom is 0.0593 e. The third-order valence-corrected chi connectivity index (χ3v) is 5.55. The third-order valence-electron chi connectivity index (χ3n) is 5.55. The lowest BCUT2D eigenvalue weighted by Gasteiger charge is -2.36. The number of rotatable bonds is 5. The fraction of sp³-hybridized carbons (Fsp3) is 0.550. The predicted octanol–water partition coefficient (Wildman–Crippen LogP) is 2.79. The molecule has 2 aromatic rings. The Morgan fingerprint density at radius 3 is 2.67 bits per heavy atom. The van der Waals surface area contributed by atoms with Crippen LogP contribution in [0.25, 0.3) is 0 Å². The molecule has 5 rings (SSSR count). The molecular weight excluding hydrogens is 296 g/mol. The summed E-state index contributed by atoms with van der Waals surface area (Å²) in [5.41, 5.74) is 2.56. The minimum atomic E-state index is 0.711. The van der Waals surface area contributed by atoms with E-state index in [1.54, 1.807) is 0 Å². The van der Waals surface area contributed by atoms with Gasteiger partial charge in [-0.1, -0.05) is 30.3 Å². The molecule has 0 amide bonds. The van der Waals surface area contributed by atoms with Gasteiger partial charge in [0.2, 0.25) is 0 Å². The minimum absolute atomic E-state index is 0.711. The van der Waals surface area contributed by atoms with Gasteiger partial charge < -0.3 is 0 Å². The van der Waals surface area contributed by atoms with E-state index in [-0.39, 0.29) is 0 Å². The molecule has 2 atom stereocenters. The number of aryl methyl sites for hydroxylation is 1. The molecule has 0 spiro atoms. The summed E-state index contributed by atoms with van der Waals surface area (Å²) >= 11 is 0. The zero-order valence-electron chi connectivity index (χ0n) is 14.6. The van der Waals surface area contributed by atoms with Crippen molar-refractivity contribution >= 4 is 0 Å². The van der Waals surface area contributed by atoms with Crippen molar-refractivity contribution in [3.05, 3.63) is 53.9 Å². The summed E-state index contributed by atoms with van der Waals surface area (Å²) in [4.78, 5) is 5.39. The monoisotopic (exact) mass is 324 g/mol. The zero-order valence-corrected chi connectivity index (χ0v) is 14.6. The molecule has 4 heterocycles. The number of hydrogen-bond donors (Lipinski definition) is 0. The Hall–Kier alpha value is -1.65. The number of hydrogen-bond acceptors (Lipinski definition) is 3. The van der Waals surface area contributed by atoms with Crippen LogP contribution in [-0.4, -0.2) is 51.8 Å². The number of piperidine rings is 1. The second kappa shape index (κ2) is 7.08. The largest absolute Gasteiger partial charge is 0.300 e. The van der Waals surface area contributed by atoms with Gasteiger partial charge in [0.15, 0.2) is 0 Å². The first-order valence-corrected chi connectivity index (χ1v) is 9.26. The van der Waals surface area contributed by atoms with Crippen LogP contribution in [0.2, 0.25) is 0 Å². The molecule has 4 nitrogen and oxygen atoms in total. The van der Waals surface area contributed by atoms with Gasteiger partial charge in [-0.2, -0.15) is 5.10 Å². The smallest absolute Gasteiger partial charge is 0.0593 e. The molecule has 0 radical (unpaired) electrons. The average Bonchev–Trinajstić information content (AvgIpc) is 2.82. The van der Waals surface area contributed by atoms with Crippen LogP contribution < -0.4 is 0 Å². The molecule has 0 saturated carbocycles. The molecule has 24 heavy (non-hydrogen) atoms. The van der Waals surface area contributed by atoms with Gasteiger partial charge in [0, 0.05) is 45.0 Å². The van der Waals surface area contributed by atoms with Crippen molar-refractivity contribution in [1.82, 2.24) is 19.6 Å². The molecule has 0 unspecified atom stereocenters. The second-order valence-electron chi connectivity index (χ2n) is 7.49. The lowest BCUT2D eigenvalue weighted by Crippen LogP contribution is -2.43. The van der Waals surface area contributed by atoms with Crippen LogP contribution >= 0.6 is 0 Å². The van der Waals surface area contributed by atoms with Gasteiger partial charge in [0.05, 0.1) is 12.2 Å². The SMILES string of the molecule is Cc1ccn(CCN2C[C@@H]3CC[C@H](C2)N(Cc2ccccc2)C3)n1. The maximum atomic E-state index is 4.52. The van der Waals surface area contributed by atoms with E-state index in [9.17, 15) is 0 Å². The molecule has 128 valence electrons. The van der Waals surface area contributed by atoms with Gasteiger partial charge in [0.25, 0.3) is 0 Å². The van der Waals surface area contributed by atoms with Gasteiger partial charge in [-0.25, -0.2) is 0 Å². The predicted molar refractivity (Wildman–Crippen MR) is 96.8 cm³/mol. The Labute approximate surface area is 145 Å². The van der Waals surface area contributed by atoms with E-state index >= 15 is 0 Å². The van der Waals surface area contributed by atoms with Gasteiger partial charge in [-0.05, 0) is 37.3 Å². The first-order chi connectivity index (χ1) is 11.8. The molecule has 3 fully saturated rings. The summed E-state index contributed by atoms with van der Waals surface area (Å²) in [5.74, 6) is 0.826. The summed E-state index contributed by atoms with van der Waals surface area (Å²) < 4.78 is 2.09. The molecule has 1 aromatic carbocycles. The summed E-state index contributed by atoms with van der Waals surface area (Å²) in [6, 6.07) is 13.7. The van der Waals surface area contributed by atoms with E-state index in [2.05, 4.69) is 69.1 Å². The first-order valence-electron chi connectivity index (χ1n) is 9.26. The van der Waals surface area contributed by atoms with Crippen LogP contribution in [0.5, 0.6) is 0 Å². The van der Waals surface area contributed by atoms with Crippen LogP contribution in [0.3, 0.4) is 0 Å². The Kier molecular flexibility index (Phi) is 4.67. The van der Waals surface area contributed by atoms with Crippen LogP contribution in [0.4, 0.5) is 0 Å². The second-order valence-corrected chi connectivity index (χ2v) is 7.49. The van der Waals surface area contributed by atoms with Crippen molar-refractivity contribution in [2.45, 2.75) is 38.9 Å². The summed E-state index contributed by atoms with van der Waals surface area (Å²) in [6.45, 7) is 9.01. The van der Waals surface area contributed by atoms with Crippen molar-refractivity contribution in [2.75, 3.05) is 26.2 Å². The van der Waals surface area contributed by atoms with Crippen LogP contribution in [0.1, 0.15) is 24.1 Å². The molecule has 3 aliphatic heterocycles. The highest BCUT2D eigenvalue weighted by Gasteiger charge is 2.34. The molecular formula is C20H28N4. The Bertz CT molecular complexity index is 651. The summed E-state index contributed by atoms with van der Waals surface area (Å²) in [6.07, 6.45) is 4.85. The minimum Gasteiger partial charge on any atom is -0.300 e. The Morgan fingerprint density at radius 1 is 1.00 bits per heavy atom. The lowest BCUT2D eigenvalue weighted by atomic mass is 9.94. The Balaban J connectivity index is 1.37. The van der Waals surface area contributed by atoms with Gasteiger partial charge in [0.1, 0.15) is 0 Å². The summed E-state index contributed by atoms with van der Waals surface area (Å²) in [5, 5.41) is 4.52. The Morgan fingerprint density at radius 2 is 1.88 bits per heavy atom. The van der Waals surface area contributed by atoms with Crippen molar-refractivity contribution in [2.24, 2.45) is 5.92 Å². The lowest BCUT2D eigenvalue weighted by molar-refractivity contribution is 0.123. The molecule has 3 saturated heterocycles. The van der Waals surface area contributed by atoms with Crippen molar-refractivity contribution < 1.29 is 0 Å². The fourth-order valence-electron chi connectivity index (χ4n) is 4.30. The molecule has 4 heteroatoms. The van der Waals surface area contributed by atoms with E-state index in [0.717, 1.165) is 31.2 Å². The van der Waals surface area contributed by atoms with E-state index in [0.29, 0.717) is 6.04 Å². The topological polar surface area (TPSA) is 24.3 Å². The highest BCUT2D eigenvalue weighted by Crippen LogP contribution is 2.29. The normalized spacial score (nSPS) is 25.0. The first kappa shape index (κ1) is 15.9. The molecule has 0 aliphatic carbocycles. The molecule has 1 aromatic heterocycles. The van der Waals surface area contributed by atoms with Gasteiger partial charge >= 0.3 is 0 Å². The van der Waals surface area contributed by atoms with E-state index < -0.39 is 0 Å². The van der Waals surface area contributed by atoms with Gasteiger partial charge in [-0.3, -0.25) is 14.5 Å². The number of aromatic nitrogens is 2. The van der Waals surface area contributed by atoms with Crippen LogP contribution in [0, 0.1) is 12.8 Å². The van der Waals surface area contributed by atoms with Crippen molar-refractivity contribution in [1.29, 1.82) is 0 Å². The standard InChI is InChI=1S/C20H28N4/c1-17-9-10-24(21-17)12-11-22-13-19-7-8-20(16-22)23(15-19)14-18-5-3-2-4-6-18/h2-6,9-10,19-20H,7-8,11-16H2,1H3/t19-,20+/m0/s1. The average molecular weight is 324 g/mol. The third kappa shape index (κ3) is 3.70. The molecule has 0 N–H and O–H groups in total. The fourth-order valence-corrected chi connectivity index (χ4v) is 4.30. The summed E-state index contributed by atoms with van der Waals surface area (Å²) in [7, 11) is 0. The molecule has 2 bridgehead atoms. The van der Waals surface area contributed by atoms with Crippen LogP contribution in [0.15, 0.2) is 42.6 Å². The molecule has 3 aliphatic rings.